The molecule has 2 amide bonds. The zero-order valence-corrected chi connectivity index (χ0v) is 13.0. The van der Waals surface area contributed by atoms with E-state index < -0.39 is 0 Å². The molecule has 0 bridgehead atoms. The molecular weight excluding hydrogens is 296 g/mol. The molecule has 0 saturated carbocycles. The smallest absolute Gasteiger partial charge is 0.322 e. The second-order valence-electron chi connectivity index (χ2n) is 4.82. The summed E-state index contributed by atoms with van der Waals surface area (Å²) in [5.74, 6) is 1.04. The lowest BCUT2D eigenvalue weighted by atomic mass is 10.2. The molecule has 1 heterocycles. The van der Waals surface area contributed by atoms with E-state index in [9.17, 15) is 4.79 Å². The first-order valence-electron chi connectivity index (χ1n) is 7.38. The zero-order valence-electron chi connectivity index (χ0n) is 13.0. The molecule has 0 saturated heterocycles. The number of nitrogens with one attached hydrogen (secondary N) is 1. The summed E-state index contributed by atoms with van der Waals surface area (Å²) in [6.07, 6.45) is 2.30. The molecule has 2 aromatic rings. The van der Waals surface area contributed by atoms with Crippen LogP contribution in [0.5, 0.6) is 0 Å². The first-order valence-corrected chi connectivity index (χ1v) is 7.38. The average molecular weight is 316 g/mol. The molecule has 1 aromatic carbocycles. The molecule has 0 fully saturated rings. The Morgan fingerprint density at radius 2 is 2.13 bits per heavy atom. The van der Waals surface area contributed by atoms with E-state index in [0.717, 1.165) is 5.56 Å². The fourth-order valence-corrected chi connectivity index (χ4v) is 1.96. The summed E-state index contributed by atoms with van der Waals surface area (Å²) in [6.45, 7) is 6.06. The van der Waals surface area contributed by atoms with Crippen LogP contribution in [0.1, 0.15) is 12.8 Å². The van der Waals surface area contributed by atoms with Gasteiger partial charge in [-0.25, -0.2) is 4.79 Å². The quantitative estimate of drug-likeness (QED) is 0.765. The molecule has 7 nitrogen and oxygen atoms in total. The van der Waals surface area contributed by atoms with Gasteiger partial charge in [-0.15, -0.1) is 16.8 Å². The number of aliphatic hydroxyl groups is 1. The molecule has 0 unspecified atom stereocenters. The summed E-state index contributed by atoms with van der Waals surface area (Å²) in [7, 11) is 0. The van der Waals surface area contributed by atoms with Gasteiger partial charge < -0.3 is 19.7 Å². The van der Waals surface area contributed by atoms with Crippen molar-refractivity contribution in [2.24, 2.45) is 0 Å². The highest BCUT2D eigenvalue weighted by molar-refractivity contribution is 5.89. The van der Waals surface area contributed by atoms with Crippen LogP contribution >= 0.6 is 0 Å². The maximum Gasteiger partial charge on any atom is 0.322 e. The van der Waals surface area contributed by atoms with E-state index in [-0.39, 0.29) is 19.2 Å². The number of amides is 2. The molecule has 23 heavy (non-hydrogen) atoms. The van der Waals surface area contributed by atoms with Crippen molar-refractivity contribution in [3.05, 3.63) is 42.8 Å². The van der Waals surface area contributed by atoms with Crippen LogP contribution in [0.4, 0.5) is 10.5 Å². The molecule has 7 heteroatoms. The predicted octanol–water partition coefficient (Wildman–Crippen LogP) is 2.31. The van der Waals surface area contributed by atoms with Gasteiger partial charge in [0.2, 0.25) is 11.8 Å². The maximum absolute atomic E-state index is 12.1. The summed E-state index contributed by atoms with van der Waals surface area (Å²) in [5.41, 5.74) is 1.43. The Hall–Kier alpha value is -2.67. The number of hydrogen-bond acceptors (Lipinski definition) is 5. The fourth-order valence-electron chi connectivity index (χ4n) is 1.96. The standard InChI is InChI=1S/C16H20N4O3/c1-3-9-20(10-11-21)16(22)17-13-7-5-12(6-8-13)15-19-18-14(4-2)23-15/h3,5-8,21H,1,4,9-11H2,2H3,(H,17,22). The van der Waals surface area contributed by atoms with Crippen LogP contribution in [0.3, 0.4) is 0 Å². The van der Waals surface area contributed by atoms with Gasteiger partial charge >= 0.3 is 6.03 Å². The van der Waals surface area contributed by atoms with E-state index in [1.807, 2.05) is 6.92 Å². The van der Waals surface area contributed by atoms with Crippen molar-refractivity contribution in [3.8, 4) is 11.5 Å². The summed E-state index contributed by atoms with van der Waals surface area (Å²) >= 11 is 0. The third-order valence-electron chi connectivity index (χ3n) is 3.16. The minimum Gasteiger partial charge on any atom is -0.421 e. The first-order chi connectivity index (χ1) is 11.2. The normalized spacial score (nSPS) is 10.3. The Kier molecular flexibility index (Phi) is 5.87. The highest BCUT2D eigenvalue weighted by Gasteiger charge is 2.12. The SMILES string of the molecule is C=CCN(CCO)C(=O)Nc1ccc(-c2nnc(CC)o2)cc1. The van der Waals surface area contributed by atoms with Gasteiger partial charge in [0.1, 0.15) is 0 Å². The lowest BCUT2D eigenvalue weighted by Gasteiger charge is -2.20. The number of rotatable bonds is 7. The number of aliphatic hydroxyl groups excluding tert-OH is 1. The first kappa shape index (κ1) is 16.7. The van der Waals surface area contributed by atoms with Crippen LogP contribution in [0.15, 0.2) is 41.3 Å². The summed E-state index contributed by atoms with van der Waals surface area (Å²) in [5, 5.41) is 19.6. The molecule has 1 aromatic heterocycles. The monoisotopic (exact) mass is 316 g/mol. The fraction of sp³-hybridized carbons (Fsp3) is 0.312. The largest absolute Gasteiger partial charge is 0.421 e. The molecule has 0 aliphatic rings. The van der Waals surface area contributed by atoms with Crippen LogP contribution in [0.25, 0.3) is 11.5 Å². The molecule has 0 aliphatic heterocycles. The van der Waals surface area contributed by atoms with Gasteiger partial charge in [0.25, 0.3) is 0 Å². The van der Waals surface area contributed by atoms with Crippen molar-refractivity contribution >= 4 is 11.7 Å². The number of aryl methyl sites for hydroxylation is 1. The highest BCUT2D eigenvalue weighted by Crippen LogP contribution is 2.20. The molecule has 122 valence electrons. The zero-order chi connectivity index (χ0) is 16.7. The number of carbonyl (C=O) groups excluding carboxylic acids is 1. The third-order valence-corrected chi connectivity index (χ3v) is 3.16. The van der Waals surface area contributed by atoms with Crippen LogP contribution in [0, 0.1) is 0 Å². The molecule has 0 spiro atoms. The minimum atomic E-state index is -0.294. The van der Waals surface area contributed by atoms with Crippen LogP contribution in [-0.4, -0.2) is 45.9 Å². The van der Waals surface area contributed by atoms with E-state index in [1.54, 1.807) is 30.3 Å². The lowest BCUT2D eigenvalue weighted by molar-refractivity contribution is 0.195. The lowest BCUT2D eigenvalue weighted by Crippen LogP contribution is -2.37. The van der Waals surface area contributed by atoms with E-state index in [0.29, 0.717) is 30.4 Å². The van der Waals surface area contributed by atoms with E-state index >= 15 is 0 Å². The van der Waals surface area contributed by atoms with Crippen molar-refractivity contribution in [2.75, 3.05) is 25.0 Å². The molecule has 2 N–H and O–H groups in total. The molecule has 0 aliphatic carbocycles. The summed E-state index contributed by atoms with van der Waals surface area (Å²) < 4.78 is 5.49. The molecule has 0 radical (unpaired) electrons. The van der Waals surface area contributed by atoms with Crippen LogP contribution < -0.4 is 5.32 Å². The number of carbonyl (C=O) groups is 1. The molecule has 2 rings (SSSR count). The molecular formula is C16H20N4O3. The van der Waals surface area contributed by atoms with Gasteiger partial charge in [0.05, 0.1) is 6.61 Å². The predicted molar refractivity (Wildman–Crippen MR) is 87.0 cm³/mol. The number of aromatic nitrogens is 2. The Bertz CT molecular complexity index is 652. The summed E-state index contributed by atoms with van der Waals surface area (Å²) in [6, 6.07) is 6.82. The van der Waals surface area contributed by atoms with Gasteiger partial charge in [0.15, 0.2) is 0 Å². The van der Waals surface area contributed by atoms with Gasteiger partial charge in [-0.05, 0) is 24.3 Å². The number of nitrogens with zero attached hydrogens (tertiary/aromatic N) is 3. The highest BCUT2D eigenvalue weighted by atomic mass is 16.4. The van der Waals surface area contributed by atoms with Crippen LogP contribution in [-0.2, 0) is 6.42 Å². The van der Waals surface area contributed by atoms with Crippen LogP contribution in [0.2, 0.25) is 0 Å². The van der Waals surface area contributed by atoms with Gasteiger partial charge in [-0.2, -0.15) is 0 Å². The number of hydrogen-bond donors (Lipinski definition) is 2. The second kappa shape index (κ2) is 8.09. The van der Waals surface area contributed by atoms with Gasteiger partial charge in [-0.3, -0.25) is 0 Å². The van der Waals surface area contributed by atoms with Crippen molar-refractivity contribution < 1.29 is 14.3 Å². The number of benzene rings is 1. The van der Waals surface area contributed by atoms with E-state index in [2.05, 4.69) is 22.1 Å². The van der Waals surface area contributed by atoms with Crippen molar-refractivity contribution in [1.82, 2.24) is 15.1 Å². The summed E-state index contributed by atoms with van der Waals surface area (Å²) in [4.78, 5) is 13.6. The third kappa shape index (κ3) is 4.40. The Morgan fingerprint density at radius 3 is 2.70 bits per heavy atom. The number of anilines is 1. The molecule has 0 atom stereocenters. The topological polar surface area (TPSA) is 91.5 Å². The van der Waals surface area contributed by atoms with Gasteiger partial charge in [-0.1, -0.05) is 13.0 Å². The van der Waals surface area contributed by atoms with Crippen molar-refractivity contribution in [1.29, 1.82) is 0 Å². The van der Waals surface area contributed by atoms with E-state index in [4.69, 9.17) is 9.52 Å². The Morgan fingerprint density at radius 1 is 1.39 bits per heavy atom. The van der Waals surface area contributed by atoms with Crippen molar-refractivity contribution in [2.45, 2.75) is 13.3 Å². The number of urea groups is 1. The Labute approximate surface area is 134 Å². The van der Waals surface area contributed by atoms with Gasteiger partial charge in [0, 0.05) is 30.8 Å². The Balaban J connectivity index is 2.04. The average Bonchev–Trinajstić information content (AvgIpc) is 3.04. The van der Waals surface area contributed by atoms with E-state index in [1.165, 1.54) is 4.90 Å². The second-order valence-corrected chi connectivity index (χ2v) is 4.82. The maximum atomic E-state index is 12.1. The van der Waals surface area contributed by atoms with Crippen molar-refractivity contribution in [3.63, 3.8) is 0 Å². The minimum absolute atomic E-state index is 0.100.